The zero-order valence-corrected chi connectivity index (χ0v) is 20.1. The molecule has 1 amide bonds. The first-order chi connectivity index (χ1) is 15.8. The number of anilines is 1. The summed E-state index contributed by atoms with van der Waals surface area (Å²) in [6, 6.07) is 3.69. The molecular weight excluding hydrogens is 442 g/mol. The van der Waals surface area contributed by atoms with Gasteiger partial charge in [-0.1, -0.05) is 31.5 Å². The number of nitrogens with one attached hydrogen (secondary N) is 1. The average molecular weight is 472 g/mol. The molecule has 1 aromatic carbocycles. The Labute approximate surface area is 199 Å². The summed E-state index contributed by atoms with van der Waals surface area (Å²) in [5, 5.41) is 13.5. The molecule has 1 aliphatic rings. The number of aliphatic hydroxyl groups is 1. The Balaban J connectivity index is 1.84. The van der Waals surface area contributed by atoms with Crippen molar-refractivity contribution in [3.8, 4) is 5.75 Å². The number of amides is 1. The van der Waals surface area contributed by atoms with Gasteiger partial charge in [0.2, 0.25) is 5.91 Å². The summed E-state index contributed by atoms with van der Waals surface area (Å²) < 4.78 is 5.45. The van der Waals surface area contributed by atoms with Gasteiger partial charge in [0.05, 0.1) is 24.9 Å². The number of methoxy groups -OCH3 is 1. The van der Waals surface area contributed by atoms with E-state index in [9.17, 15) is 9.90 Å². The monoisotopic (exact) mass is 471 g/mol. The summed E-state index contributed by atoms with van der Waals surface area (Å²) in [7, 11) is 1.54. The van der Waals surface area contributed by atoms with E-state index in [1.54, 1.807) is 18.2 Å². The molecule has 0 bridgehead atoms. The minimum absolute atomic E-state index is 0.139. The van der Waals surface area contributed by atoms with E-state index in [0.29, 0.717) is 45.4 Å². The van der Waals surface area contributed by atoms with Crippen molar-refractivity contribution < 1.29 is 14.6 Å². The number of carbonyl (C=O) groups is 1. The quantitative estimate of drug-likeness (QED) is 0.422. The Morgan fingerprint density at radius 3 is 2.85 bits per heavy atom. The van der Waals surface area contributed by atoms with Crippen molar-refractivity contribution in [2.75, 3.05) is 32.1 Å². The normalized spacial score (nSPS) is 17.6. The van der Waals surface area contributed by atoms with Gasteiger partial charge in [0.15, 0.2) is 5.82 Å². The number of allylic oxidation sites excluding steroid dienone is 2. The van der Waals surface area contributed by atoms with Crippen molar-refractivity contribution in [2.45, 2.75) is 33.2 Å². The number of fused-ring (bicyclic) bond motifs is 1. The van der Waals surface area contributed by atoms with E-state index in [4.69, 9.17) is 16.3 Å². The molecule has 1 unspecified atom stereocenters. The van der Waals surface area contributed by atoms with Crippen LogP contribution in [0.25, 0.3) is 10.9 Å². The van der Waals surface area contributed by atoms with Gasteiger partial charge in [-0.25, -0.2) is 15.0 Å². The van der Waals surface area contributed by atoms with Crippen LogP contribution in [-0.4, -0.2) is 64.4 Å². The molecular formula is C24H30ClN5O3. The van der Waals surface area contributed by atoms with Crippen LogP contribution in [0, 0.1) is 5.92 Å². The summed E-state index contributed by atoms with van der Waals surface area (Å²) in [6.07, 6.45) is 7.52. The molecule has 176 valence electrons. The molecule has 2 aromatic rings. The smallest absolute Gasteiger partial charge is 0.248 e. The van der Waals surface area contributed by atoms with Crippen molar-refractivity contribution in [2.24, 2.45) is 10.9 Å². The molecule has 1 aromatic heterocycles. The minimum atomic E-state index is -0.279. The predicted molar refractivity (Wildman–Crippen MR) is 132 cm³/mol. The molecule has 8 nitrogen and oxygen atoms in total. The molecule has 0 saturated carbocycles. The number of ether oxygens (including phenoxy) is 1. The standard InChI is InChI=1S/C24H30ClN5O3/c1-15(2)19(25)10-16(3)28-24-18-11-21(22(33-4)12-20(18)26-14-27-24)29-23(32)6-5-8-30-9-7-17(30)13-31/h5-6,10-12,14-15,17,31H,7-9,13H2,1-4H3,(H,29,32)/b6-5?,19-10+,28-16?. The van der Waals surface area contributed by atoms with Gasteiger partial charge in [-0.15, -0.1) is 0 Å². The van der Waals surface area contributed by atoms with Crippen LogP contribution >= 0.6 is 11.6 Å². The van der Waals surface area contributed by atoms with Crippen LogP contribution < -0.4 is 10.1 Å². The van der Waals surface area contributed by atoms with E-state index in [-0.39, 0.29) is 24.5 Å². The number of nitrogens with zero attached hydrogens (tertiary/aromatic N) is 4. The third-order valence-corrected chi connectivity index (χ3v) is 6.01. The second-order valence-electron chi connectivity index (χ2n) is 8.22. The van der Waals surface area contributed by atoms with Gasteiger partial charge in [0, 0.05) is 47.4 Å². The maximum Gasteiger partial charge on any atom is 0.248 e. The number of carbonyl (C=O) groups excluding carboxylic acids is 1. The highest BCUT2D eigenvalue weighted by molar-refractivity contribution is 6.31. The first kappa shape index (κ1) is 24.8. The van der Waals surface area contributed by atoms with Crippen LogP contribution in [0.4, 0.5) is 11.5 Å². The maximum absolute atomic E-state index is 12.5. The largest absolute Gasteiger partial charge is 0.494 e. The lowest BCUT2D eigenvalue weighted by atomic mass is 10.0. The summed E-state index contributed by atoms with van der Waals surface area (Å²) >= 11 is 6.27. The molecule has 0 radical (unpaired) electrons. The Kier molecular flexibility index (Phi) is 8.55. The predicted octanol–water partition coefficient (Wildman–Crippen LogP) is 4.07. The van der Waals surface area contributed by atoms with Gasteiger partial charge in [-0.05, 0) is 31.4 Å². The molecule has 1 atom stereocenters. The van der Waals surface area contributed by atoms with E-state index >= 15 is 0 Å². The fourth-order valence-electron chi connectivity index (χ4n) is 3.40. The highest BCUT2D eigenvalue weighted by atomic mass is 35.5. The second kappa shape index (κ2) is 11.4. The number of aromatic nitrogens is 2. The molecule has 9 heteroatoms. The molecule has 1 aliphatic heterocycles. The first-order valence-corrected chi connectivity index (χ1v) is 11.3. The number of benzene rings is 1. The third kappa shape index (κ3) is 6.37. The van der Waals surface area contributed by atoms with E-state index < -0.39 is 0 Å². The fraction of sp³-hybridized carbons (Fsp3) is 0.417. The van der Waals surface area contributed by atoms with E-state index in [2.05, 4.69) is 25.2 Å². The summed E-state index contributed by atoms with van der Waals surface area (Å²) in [5.41, 5.74) is 1.86. The highest BCUT2D eigenvalue weighted by Gasteiger charge is 2.25. The molecule has 0 spiro atoms. The van der Waals surface area contributed by atoms with Gasteiger partial charge in [-0.2, -0.15) is 0 Å². The van der Waals surface area contributed by atoms with Crippen LogP contribution in [0.2, 0.25) is 0 Å². The Morgan fingerprint density at radius 1 is 1.42 bits per heavy atom. The van der Waals surface area contributed by atoms with Crippen LogP contribution in [0.1, 0.15) is 27.2 Å². The van der Waals surface area contributed by atoms with E-state index in [1.165, 1.54) is 19.5 Å². The van der Waals surface area contributed by atoms with Crippen molar-refractivity contribution in [1.82, 2.24) is 14.9 Å². The average Bonchev–Trinajstić information content (AvgIpc) is 2.76. The minimum Gasteiger partial charge on any atom is -0.494 e. The van der Waals surface area contributed by atoms with Gasteiger partial charge in [0.1, 0.15) is 12.1 Å². The van der Waals surface area contributed by atoms with E-state index in [0.717, 1.165) is 13.0 Å². The van der Waals surface area contributed by atoms with Crippen LogP contribution in [0.3, 0.4) is 0 Å². The number of halogens is 1. The van der Waals surface area contributed by atoms with Gasteiger partial charge >= 0.3 is 0 Å². The molecule has 33 heavy (non-hydrogen) atoms. The molecule has 2 N–H and O–H groups in total. The Hall–Kier alpha value is -2.81. The van der Waals surface area contributed by atoms with E-state index in [1.807, 2.05) is 26.8 Å². The fourth-order valence-corrected chi connectivity index (χ4v) is 3.56. The number of rotatable bonds is 9. The summed E-state index contributed by atoms with van der Waals surface area (Å²) in [5.74, 6) is 0.885. The lowest BCUT2D eigenvalue weighted by molar-refractivity contribution is -0.111. The molecule has 1 saturated heterocycles. The number of hydrogen-bond acceptors (Lipinski definition) is 7. The van der Waals surface area contributed by atoms with Crippen molar-refractivity contribution in [3.63, 3.8) is 0 Å². The molecule has 0 aliphatic carbocycles. The van der Waals surface area contributed by atoms with Gasteiger partial charge in [-0.3, -0.25) is 9.69 Å². The van der Waals surface area contributed by atoms with Crippen molar-refractivity contribution >= 4 is 45.6 Å². The van der Waals surface area contributed by atoms with Gasteiger partial charge < -0.3 is 15.2 Å². The Morgan fingerprint density at radius 2 is 2.21 bits per heavy atom. The topological polar surface area (TPSA) is 99.9 Å². The SMILES string of the molecule is COc1cc2ncnc(N=C(C)/C=C(/Cl)C(C)C)c2cc1NC(=O)C=CCN1CCC1CO. The van der Waals surface area contributed by atoms with Crippen molar-refractivity contribution in [3.05, 3.63) is 41.7 Å². The van der Waals surface area contributed by atoms with Crippen LogP contribution in [-0.2, 0) is 4.79 Å². The zero-order chi connectivity index (χ0) is 24.0. The number of hydrogen-bond donors (Lipinski definition) is 2. The Bertz CT molecular complexity index is 1090. The highest BCUT2D eigenvalue weighted by Crippen LogP contribution is 2.33. The molecule has 2 heterocycles. The van der Waals surface area contributed by atoms with Gasteiger partial charge in [0.25, 0.3) is 0 Å². The lowest BCUT2D eigenvalue weighted by Gasteiger charge is -2.39. The third-order valence-electron chi connectivity index (χ3n) is 5.46. The molecule has 1 fully saturated rings. The van der Waals surface area contributed by atoms with Crippen molar-refractivity contribution in [1.29, 1.82) is 0 Å². The number of aliphatic imine (C=N–C) groups is 1. The van der Waals surface area contributed by atoms with Crippen LogP contribution in [0.5, 0.6) is 5.75 Å². The lowest BCUT2D eigenvalue weighted by Crippen LogP contribution is -2.49. The zero-order valence-electron chi connectivity index (χ0n) is 19.4. The maximum atomic E-state index is 12.5. The number of likely N-dealkylation sites (tertiary alicyclic amines) is 1. The van der Waals surface area contributed by atoms with Crippen LogP contribution in [0.15, 0.2) is 46.7 Å². The second-order valence-corrected chi connectivity index (χ2v) is 8.65. The first-order valence-electron chi connectivity index (χ1n) is 10.9. The summed E-state index contributed by atoms with van der Waals surface area (Å²) in [4.78, 5) is 27.8. The molecule has 3 rings (SSSR count). The summed E-state index contributed by atoms with van der Waals surface area (Å²) in [6.45, 7) is 7.56. The number of aliphatic hydroxyl groups excluding tert-OH is 1.